The topological polar surface area (TPSA) is 84.7 Å². The van der Waals surface area contributed by atoms with Crippen molar-refractivity contribution in [2.24, 2.45) is 5.73 Å². The van der Waals surface area contributed by atoms with Crippen LogP contribution in [0.4, 0.5) is 5.69 Å². The fourth-order valence-electron chi connectivity index (χ4n) is 2.63. The summed E-state index contributed by atoms with van der Waals surface area (Å²) in [7, 11) is 0. The molecule has 3 N–H and O–H groups in total. The molecule has 3 rings (SSSR count). The fourth-order valence-corrected chi connectivity index (χ4v) is 2.63. The fraction of sp³-hybridized carbons (Fsp3) is 0.222. The molecule has 0 unspecified atom stereocenters. The van der Waals surface area contributed by atoms with Gasteiger partial charge in [-0.3, -0.25) is 9.59 Å². The van der Waals surface area contributed by atoms with Crippen molar-refractivity contribution in [2.75, 3.05) is 25.0 Å². The number of benzene rings is 2. The van der Waals surface area contributed by atoms with Crippen LogP contribution >= 0.6 is 0 Å². The number of hydrogen-bond donors (Lipinski definition) is 2. The van der Waals surface area contributed by atoms with Crippen LogP contribution in [0.1, 0.15) is 15.9 Å². The minimum absolute atomic E-state index is 0.0267. The summed E-state index contributed by atoms with van der Waals surface area (Å²) in [6.45, 7) is 1.39. The predicted octanol–water partition coefficient (Wildman–Crippen LogP) is 1.62. The lowest BCUT2D eigenvalue weighted by Crippen LogP contribution is -2.33. The molecule has 1 aliphatic rings. The molecule has 0 bridgehead atoms. The maximum atomic E-state index is 12.2. The lowest BCUT2D eigenvalue weighted by molar-refractivity contribution is -0.116. The first kappa shape index (κ1) is 16.0. The van der Waals surface area contributed by atoms with Crippen molar-refractivity contribution < 1.29 is 14.3 Å². The number of ether oxygens (including phenoxy) is 1. The molecule has 6 heteroatoms. The van der Waals surface area contributed by atoms with Gasteiger partial charge in [-0.05, 0) is 35.9 Å². The van der Waals surface area contributed by atoms with Gasteiger partial charge in [-0.2, -0.15) is 0 Å². The summed E-state index contributed by atoms with van der Waals surface area (Å²) in [5.41, 5.74) is 7.66. The van der Waals surface area contributed by atoms with Crippen molar-refractivity contribution in [3.05, 3.63) is 59.7 Å². The maximum Gasteiger partial charge on any atom is 0.254 e. The van der Waals surface area contributed by atoms with Gasteiger partial charge in [-0.1, -0.05) is 18.2 Å². The second kappa shape index (κ2) is 7.14. The summed E-state index contributed by atoms with van der Waals surface area (Å²) >= 11 is 0. The number of fused-ring (bicyclic) bond motifs is 1. The van der Waals surface area contributed by atoms with Crippen LogP contribution in [0.5, 0.6) is 5.75 Å². The summed E-state index contributed by atoms with van der Waals surface area (Å²) in [6, 6.07) is 14.5. The Kier molecular flexibility index (Phi) is 4.77. The molecule has 2 aromatic rings. The van der Waals surface area contributed by atoms with E-state index >= 15 is 0 Å². The normalized spacial score (nSPS) is 12.9. The molecule has 2 aromatic carbocycles. The van der Waals surface area contributed by atoms with Crippen molar-refractivity contribution in [1.29, 1.82) is 0 Å². The van der Waals surface area contributed by atoms with E-state index in [4.69, 9.17) is 10.5 Å². The van der Waals surface area contributed by atoms with Crippen LogP contribution in [0.3, 0.4) is 0 Å². The van der Waals surface area contributed by atoms with E-state index < -0.39 is 0 Å². The molecule has 0 radical (unpaired) electrons. The summed E-state index contributed by atoms with van der Waals surface area (Å²) in [4.78, 5) is 26.0. The van der Waals surface area contributed by atoms with Crippen molar-refractivity contribution in [3.63, 3.8) is 0 Å². The molecule has 0 aromatic heterocycles. The van der Waals surface area contributed by atoms with E-state index in [9.17, 15) is 9.59 Å². The molecule has 0 fully saturated rings. The molecule has 1 heterocycles. The summed E-state index contributed by atoms with van der Waals surface area (Å²) < 4.78 is 5.38. The zero-order valence-corrected chi connectivity index (χ0v) is 13.2. The van der Waals surface area contributed by atoms with E-state index in [0.717, 1.165) is 5.56 Å². The van der Waals surface area contributed by atoms with E-state index in [1.54, 1.807) is 35.2 Å². The molecule has 6 nitrogen and oxygen atoms in total. The summed E-state index contributed by atoms with van der Waals surface area (Å²) in [5, 5.41) is 2.79. The number of nitrogens with zero attached hydrogens (tertiary/aromatic N) is 1. The second-order valence-corrected chi connectivity index (χ2v) is 5.53. The van der Waals surface area contributed by atoms with Crippen molar-refractivity contribution >= 4 is 17.5 Å². The molecule has 0 aliphatic carbocycles. The van der Waals surface area contributed by atoms with Crippen molar-refractivity contribution in [3.8, 4) is 5.75 Å². The largest absolute Gasteiger partial charge is 0.492 e. The Balaban J connectivity index is 1.56. The van der Waals surface area contributed by atoms with E-state index in [2.05, 4.69) is 5.32 Å². The highest BCUT2D eigenvalue weighted by Gasteiger charge is 2.28. The Hall–Kier alpha value is -2.86. The van der Waals surface area contributed by atoms with Gasteiger partial charge in [0.05, 0.1) is 0 Å². The van der Waals surface area contributed by atoms with Gasteiger partial charge < -0.3 is 20.7 Å². The van der Waals surface area contributed by atoms with Crippen molar-refractivity contribution in [1.82, 2.24) is 4.90 Å². The molecule has 1 aliphatic heterocycles. The molecule has 124 valence electrons. The number of carbonyl (C=O) groups is 2. The van der Waals surface area contributed by atoms with E-state index in [-0.39, 0.29) is 18.4 Å². The Morgan fingerprint density at radius 1 is 1.17 bits per heavy atom. The van der Waals surface area contributed by atoms with Crippen LogP contribution in [-0.4, -0.2) is 36.4 Å². The third-order valence-corrected chi connectivity index (χ3v) is 3.76. The molecule has 0 atom stereocenters. The Morgan fingerprint density at radius 2 is 1.92 bits per heavy atom. The van der Waals surface area contributed by atoms with E-state index in [1.165, 1.54) is 0 Å². The third-order valence-electron chi connectivity index (χ3n) is 3.76. The standard InChI is InChI=1S/C18H19N3O3/c19-9-10-24-15-7-5-14(6-8-15)20-17(22)12-21-11-13-3-1-2-4-16(13)18(21)23/h1-8H,9-12,19H2,(H,20,22). The van der Waals surface area contributed by atoms with Gasteiger partial charge in [0.2, 0.25) is 5.91 Å². The average molecular weight is 325 g/mol. The highest BCUT2D eigenvalue weighted by atomic mass is 16.5. The predicted molar refractivity (Wildman–Crippen MR) is 90.8 cm³/mol. The first-order chi connectivity index (χ1) is 11.7. The number of carbonyl (C=O) groups excluding carboxylic acids is 2. The van der Waals surface area contributed by atoms with Crippen LogP contribution < -0.4 is 15.8 Å². The van der Waals surface area contributed by atoms with E-state index in [1.807, 2.05) is 18.2 Å². The SMILES string of the molecule is NCCOc1ccc(NC(=O)CN2Cc3ccccc3C2=O)cc1. The maximum absolute atomic E-state index is 12.2. The van der Waals surface area contributed by atoms with Crippen LogP contribution in [0.2, 0.25) is 0 Å². The van der Waals surface area contributed by atoms with Gasteiger partial charge in [0, 0.05) is 24.3 Å². The van der Waals surface area contributed by atoms with Gasteiger partial charge in [0.25, 0.3) is 5.91 Å². The summed E-state index contributed by atoms with van der Waals surface area (Å²) in [6.07, 6.45) is 0. The Bertz CT molecular complexity index is 743. The van der Waals surface area contributed by atoms with Crippen LogP contribution in [0, 0.1) is 0 Å². The number of nitrogens with one attached hydrogen (secondary N) is 1. The lowest BCUT2D eigenvalue weighted by atomic mass is 10.1. The highest BCUT2D eigenvalue weighted by molar-refractivity contribution is 6.02. The second-order valence-electron chi connectivity index (χ2n) is 5.53. The molecule has 0 saturated carbocycles. The number of amides is 2. The Labute approximate surface area is 140 Å². The van der Waals surface area contributed by atoms with Crippen LogP contribution in [-0.2, 0) is 11.3 Å². The van der Waals surface area contributed by atoms with Gasteiger partial charge in [-0.15, -0.1) is 0 Å². The molecule has 24 heavy (non-hydrogen) atoms. The zero-order chi connectivity index (χ0) is 16.9. The quantitative estimate of drug-likeness (QED) is 0.845. The van der Waals surface area contributed by atoms with Gasteiger partial charge >= 0.3 is 0 Å². The third kappa shape index (κ3) is 3.55. The number of hydrogen-bond acceptors (Lipinski definition) is 4. The van der Waals surface area contributed by atoms with Gasteiger partial charge in [0.1, 0.15) is 18.9 Å². The molecule has 2 amide bonds. The lowest BCUT2D eigenvalue weighted by Gasteiger charge is -2.15. The van der Waals surface area contributed by atoms with Crippen molar-refractivity contribution in [2.45, 2.75) is 6.54 Å². The molecule has 0 spiro atoms. The first-order valence-corrected chi connectivity index (χ1v) is 7.77. The molecular formula is C18H19N3O3. The monoisotopic (exact) mass is 325 g/mol. The van der Waals surface area contributed by atoms with Gasteiger partial charge in [-0.25, -0.2) is 0 Å². The smallest absolute Gasteiger partial charge is 0.254 e. The van der Waals surface area contributed by atoms with Crippen LogP contribution in [0.25, 0.3) is 0 Å². The minimum atomic E-state index is -0.230. The average Bonchev–Trinajstić information content (AvgIpc) is 2.90. The van der Waals surface area contributed by atoms with Gasteiger partial charge in [0.15, 0.2) is 0 Å². The molecular weight excluding hydrogens is 306 g/mol. The first-order valence-electron chi connectivity index (χ1n) is 7.77. The minimum Gasteiger partial charge on any atom is -0.492 e. The zero-order valence-electron chi connectivity index (χ0n) is 13.2. The number of anilines is 1. The number of nitrogens with two attached hydrogens (primary N) is 1. The highest BCUT2D eigenvalue weighted by Crippen LogP contribution is 2.22. The van der Waals surface area contributed by atoms with Crippen LogP contribution in [0.15, 0.2) is 48.5 Å². The van der Waals surface area contributed by atoms with E-state index in [0.29, 0.717) is 36.7 Å². The molecule has 0 saturated heterocycles. The number of rotatable bonds is 6. The summed E-state index contributed by atoms with van der Waals surface area (Å²) in [5.74, 6) is 0.363. The Morgan fingerprint density at radius 3 is 2.62 bits per heavy atom.